The van der Waals surface area contributed by atoms with Gasteiger partial charge in [-0.15, -0.1) is 0 Å². The molecular weight excluding hydrogens is 334 g/mol. The summed E-state index contributed by atoms with van der Waals surface area (Å²) in [6, 6.07) is 19.5. The summed E-state index contributed by atoms with van der Waals surface area (Å²) in [4.78, 5) is 23.6. The minimum atomic E-state index is -0.374. The molecule has 5 nitrogen and oxygen atoms in total. The number of benzene rings is 2. The van der Waals surface area contributed by atoms with Gasteiger partial charge < -0.3 is 0 Å². The van der Waals surface area contributed by atoms with Gasteiger partial charge in [0, 0.05) is 17.3 Å². The van der Waals surface area contributed by atoms with E-state index >= 15 is 0 Å². The van der Waals surface area contributed by atoms with Crippen LogP contribution in [0.4, 0.5) is 4.79 Å². The molecule has 1 aromatic heterocycles. The summed E-state index contributed by atoms with van der Waals surface area (Å²) in [5.74, 6) is -0.374. The fourth-order valence-corrected chi connectivity index (χ4v) is 3.26. The van der Waals surface area contributed by atoms with Gasteiger partial charge in [0.15, 0.2) is 0 Å². The number of nitrogens with one attached hydrogen (secondary N) is 1. The second-order valence-electron chi connectivity index (χ2n) is 5.43. The summed E-state index contributed by atoms with van der Waals surface area (Å²) in [5, 5.41) is 6.60. The van der Waals surface area contributed by atoms with Gasteiger partial charge in [-0.25, -0.2) is 4.68 Å². The van der Waals surface area contributed by atoms with Crippen molar-refractivity contribution in [3.63, 3.8) is 0 Å². The Morgan fingerprint density at radius 2 is 1.64 bits per heavy atom. The summed E-state index contributed by atoms with van der Waals surface area (Å²) < 4.78 is 1.77. The Bertz CT molecular complexity index is 978. The number of amides is 2. The van der Waals surface area contributed by atoms with E-state index in [1.54, 1.807) is 10.8 Å². The maximum absolute atomic E-state index is 11.9. The molecule has 0 unspecified atom stereocenters. The average molecular weight is 347 g/mol. The minimum absolute atomic E-state index is 0.354. The Morgan fingerprint density at radius 1 is 0.960 bits per heavy atom. The quantitative estimate of drug-likeness (QED) is 0.731. The number of carbonyl (C=O) groups excluding carboxylic acids is 2. The van der Waals surface area contributed by atoms with Gasteiger partial charge >= 0.3 is 0 Å². The van der Waals surface area contributed by atoms with Gasteiger partial charge in [0.2, 0.25) is 0 Å². The standard InChI is InChI=1S/C19H13N3O2S/c23-18-16(25-19(24)20-18)11-14-12-22(15-9-5-2-6-10-15)21-17(14)13-7-3-1-4-8-13/h1-12H,(H,20,23,24)/b16-11+. The van der Waals surface area contributed by atoms with Gasteiger partial charge in [0.1, 0.15) is 0 Å². The molecule has 0 bridgehead atoms. The second-order valence-corrected chi connectivity index (χ2v) is 6.45. The van der Waals surface area contributed by atoms with Gasteiger partial charge in [-0.05, 0) is 30.0 Å². The molecule has 0 aliphatic carbocycles. The van der Waals surface area contributed by atoms with Crippen molar-refractivity contribution in [2.75, 3.05) is 0 Å². The van der Waals surface area contributed by atoms with Crippen LogP contribution in [-0.2, 0) is 4.79 Å². The molecule has 122 valence electrons. The molecule has 4 rings (SSSR count). The smallest absolute Gasteiger partial charge is 0.282 e. The van der Waals surface area contributed by atoms with Crippen LogP contribution in [0.3, 0.4) is 0 Å². The minimum Gasteiger partial charge on any atom is -0.282 e. The third-order valence-corrected chi connectivity index (χ3v) is 4.55. The van der Waals surface area contributed by atoms with Gasteiger partial charge in [-0.2, -0.15) is 5.10 Å². The first-order valence-electron chi connectivity index (χ1n) is 7.66. The van der Waals surface area contributed by atoms with Crippen molar-refractivity contribution in [1.82, 2.24) is 15.1 Å². The van der Waals surface area contributed by atoms with Gasteiger partial charge in [0.05, 0.1) is 16.3 Å². The number of carbonyl (C=O) groups is 2. The topological polar surface area (TPSA) is 64.0 Å². The third-order valence-electron chi connectivity index (χ3n) is 3.74. The first kappa shape index (κ1) is 15.4. The van der Waals surface area contributed by atoms with E-state index in [0.717, 1.165) is 34.3 Å². The highest BCUT2D eigenvalue weighted by atomic mass is 32.2. The Morgan fingerprint density at radius 3 is 2.28 bits per heavy atom. The Kier molecular flexibility index (Phi) is 3.95. The van der Waals surface area contributed by atoms with Crippen LogP contribution in [-0.4, -0.2) is 20.9 Å². The van der Waals surface area contributed by atoms with E-state index < -0.39 is 0 Å². The highest BCUT2D eigenvalue weighted by Crippen LogP contribution is 2.30. The van der Waals surface area contributed by atoms with Crippen molar-refractivity contribution in [2.45, 2.75) is 0 Å². The summed E-state index contributed by atoms with van der Waals surface area (Å²) in [5.41, 5.74) is 3.40. The van der Waals surface area contributed by atoms with Crippen molar-refractivity contribution >= 4 is 29.0 Å². The summed E-state index contributed by atoms with van der Waals surface area (Å²) in [6.45, 7) is 0. The molecule has 1 aliphatic heterocycles. The zero-order valence-electron chi connectivity index (χ0n) is 13.0. The van der Waals surface area contributed by atoms with Crippen molar-refractivity contribution < 1.29 is 9.59 Å². The van der Waals surface area contributed by atoms with Crippen LogP contribution in [0.15, 0.2) is 71.8 Å². The molecular formula is C19H13N3O2S. The Labute approximate surface area is 148 Å². The molecule has 2 amide bonds. The monoisotopic (exact) mass is 347 g/mol. The molecule has 1 saturated heterocycles. The fourth-order valence-electron chi connectivity index (χ4n) is 2.59. The number of hydrogen-bond donors (Lipinski definition) is 1. The fraction of sp³-hybridized carbons (Fsp3) is 0. The zero-order valence-corrected chi connectivity index (χ0v) is 13.9. The molecule has 1 aliphatic rings. The van der Waals surface area contributed by atoms with Gasteiger partial charge in [0.25, 0.3) is 11.1 Å². The number of aromatic nitrogens is 2. The van der Waals surface area contributed by atoms with Crippen LogP contribution < -0.4 is 5.32 Å². The highest BCUT2D eigenvalue weighted by Gasteiger charge is 2.26. The van der Waals surface area contributed by atoms with E-state index in [1.165, 1.54) is 0 Å². The number of thioether (sulfide) groups is 1. The predicted octanol–water partition coefficient (Wildman–Crippen LogP) is 3.86. The number of imide groups is 1. The first-order chi connectivity index (χ1) is 12.2. The van der Waals surface area contributed by atoms with Gasteiger partial charge in [-0.3, -0.25) is 14.9 Å². The lowest BCUT2D eigenvalue weighted by atomic mass is 10.1. The van der Waals surface area contributed by atoms with Crippen LogP contribution in [0.1, 0.15) is 5.56 Å². The molecule has 0 radical (unpaired) electrons. The molecule has 0 saturated carbocycles. The molecule has 3 aromatic rings. The largest absolute Gasteiger partial charge is 0.290 e. The van der Waals surface area contributed by atoms with E-state index in [2.05, 4.69) is 10.4 Å². The van der Waals surface area contributed by atoms with Crippen molar-refractivity contribution in [3.8, 4) is 16.9 Å². The molecule has 2 heterocycles. The molecule has 0 spiro atoms. The van der Waals surface area contributed by atoms with Crippen LogP contribution in [0.2, 0.25) is 0 Å². The molecule has 25 heavy (non-hydrogen) atoms. The average Bonchev–Trinajstić information content (AvgIpc) is 3.20. The predicted molar refractivity (Wildman–Crippen MR) is 98.1 cm³/mol. The molecule has 1 fully saturated rings. The van der Waals surface area contributed by atoms with E-state index in [0.29, 0.717) is 4.91 Å². The number of hydrogen-bond acceptors (Lipinski definition) is 4. The van der Waals surface area contributed by atoms with Crippen molar-refractivity contribution in [1.29, 1.82) is 0 Å². The van der Waals surface area contributed by atoms with Crippen molar-refractivity contribution in [2.24, 2.45) is 0 Å². The molecule has 0 atom stereocenters. The van der Waals surface area contributed by atoms with E-state index in [-0.39, 0.29) is 11.1 Å². The van der Waals surface area contributed by atoms with Crippen LogP contribution in [0, 0.1) is 0 Å². The molecule has 1 N–H and O–H groups in total. The second kappa shape index (κ2) is 6.41. The number of para-hydroxylation sites is 1. The molecule has 6 heteroatoms. The lowest BCUT2D eigenvalue weighted by Gasteiger charge is -2.00. The van der Waals surface area contributed by atoms with E-state index in [9.17, 15) is 9.59 Å². The molecule has 2 aromatic carbocycles. The number of nitrogens with zero attached hydrogens (tertiary/aromatic N) is 2. The summed E-state index contributed by atoms with van der Waals surface area (Å²) in [6.07, 6.45) is 3.57. The highest BCUT2D eigenvalue weighted by molar-refractivity contribution is 8.18. The number of rotatable bonds is 3. The maximum atomic E-state index is 11.9. The lowest BCUT2D eigenvalue weighted by Crippen LogP contribution is -2.17. The van der Waals surface area contributed by atoms with Crippen molar-refractivity contribution in [3.05, 3.63) is 77.3 Å². The first-order valence-corrected chi connectivity index (χ1v) is 8.48. The summed E-state index contributed by atoms with van der Waals surface area (Å²) >= 11 is 0.902. The van der Waals surface area contributed by atoms with Gasteiger partial charge in [-0.1, -0.05) is 48.5 Å². The van der Waals surface area contributed by atoms with E-state index in [4.69, 9.17) is 0 Å². The van der Waals surface area contributed by atoms with Crippen LogP contribution in [0.25, 0.3) is 23.0 Å². The Balaban J connectivity index is 1.84. The SMILES string of the molecule is O=C1NC(=O)/C(=C\c2cn(-c3ccccc3)nc2-c2ccccc2)S1. The third kappa shape index (κ3) is 3.12. The van der Waals surface area contributed by atoms with Crippen LogP contribution >= 0.6 is 11.8 Å². The lowest BCUT2D eigenvalue weighted by molar-refractivity contribution is -0.115. The van der Waals surface area contributed by atoms with E-state index in [1.807, 2.05) is 66.9 Å². The van der Waals surface area contributed by atoms with Crippen LogP contribution in [0.5, 0.6) is 0 Å². The normalized spacial score (nSPS) is 15.6. The zero-order chi connectivity index (χ0) is 17.2. The maximum Gasteiger partial charge on any atom is 0.290 e. The Hall–Kier alpha value is -3.12. The summed E-state index contributed by atoms with van der Waals surface area (Å²) in [7, 11) is 0.